The van der Waals surface area contributed by atoms with Gasteiger partial charge in [-0.1, -0.05) is 16.9 Å². The van der Waals surface area contributed by atoms with Crippen LogP contribution in [0.25, 0.3) is 0 Å². The zero-order chi connectivity index (χ0) is 20.9. The number of carbonyl (C=O) groups excluding carboxylic acids is 1. The summed E-state index contributed by atoms with van der Waals surface area (Å²) in [6.07, 6.45) is -1.67. The first-order valence-corrected chi connectivity index (χ1v) is 9.26. The summed E-state index contributed by atoms with van der Waals surface area (Å²) in [5.41, 5.74) is 1.37. The highest BCUT2D eigenvalue weighted by molar-refractivity contribution is 7.98. The number of rotatable bonds is 7. The lowest BCUT2D eigenvalue weighted by Crippen LogP contribution is -2.19. The summed E-state index contributed by atoms with van der Waals surface area (Å²) in [4.78, 5) is 20.6. The maximum atomic E-state index is 12.6. The minimum atomic E-state index is -4.45. The molecule has 0 aliphatic rings. The van der Waals surface area contributed by atoms with Crippen molar-refractivity contribution in [3.63, 3.8) is 0 Å². The lowest BCUT2D eigenvalue weighted by Gasteiger charge is -2.10. The third-order valence-corrected chi connectivity index (χ3v) is 4.47. The van der Waals surface area contributed by atoms with E-state index in [-0.39, 0.29) is 5.88 Å². The second-order valence-corrected chi connectivity index (χ2v) is 6.78. The first kappa shape index (κ1) is 20.6. The topological polar surface area (TPSA) is 90.1 Å². The van der Waals surface area contributed by atoms with Gasteiger partial charge in [0.25, 0.3) is 5.91 Å². The minimum absolute atomic E-state index is 0.194. The molecule has 152 valence electrons. The summed E-state index contributed by atoms with van der Waals surface area (Å²) >= 11 is 1.33. The fourth-order valence-corrected chi connectivity index (χ4v) is 3.07. The van der Waals surface area contributed by atoms with Crippen LogP contribution in [-0.2, 0) is 5.75 Å². The number of aryl methyl sites for hydroxylation is 1. The van der Waals surface area contributed by atoms with Crippen molar-refractivity contribution in [3.05, 3.63) is 59.7 Å². The predicted octanol–water partition coefficient (Wildman–Crippen LogP) is 4.26. The number of ether oxygens (including phenoxy) is 1. The van der Waals surface area contributed by atoms with Crippen molar-refractivity contribution in [2.45, 2.75) is 23.9 Å². The van der Waals surface area contributed by atoms with E-state index in [4.69, 9.17) is 4.52 Å². The Labute approximate surface area is 167 Å². The molecule has 7 nitrogen and oxygen atoms in total. The van der Waals surface area contributed by atoms with Crippen LogP contribution < -0.4 is 10.1 Å². The molecule has 1 amide bonds. The second-order valence-electron chi connectivity index (χ2n) is 5.82. The Balaban J connectivity index is 1.63. The summed E-state index contributed by atoms with van der Waals surface area (Å²) < 4.78 is 46.0. The second kappa shape index (κ2) is 8.95. The third-order valence-electron chi connectivity index (χ3n) is 3.43. The summed E-state index contributed by atoms with van der Waals surface area (Å²) in [6, 6.07) is 7.69. The van der Waals surface area contributed by atoms with Crippen LogP contribution >= 0.6 is 11.8 Å². The van der Waals surface area contributed by atoms with E-state index in [0.717, 1.165) is 5.69 Å². The van der Waals surface area contributed by atoms with Crippen molar-refractivity contribution in [1.82, 2.24) is 15.1 Å². The molecule has 0 unspecified atom stereocenters. The van der Waals surface area contributed by atoms with Gasteiger partial charge in [-0.25, -0.2) is 9.97 Å². The van der Waals surface area contributed by atoms with E-state index >= 15 is 0 Å². The third kappa shape index (κ3) is 6.21. The van der Waals surface area contributed by atoms with Crippen molar-refractivity contribution in [1.29, 1.82) is 0 Å². The summed E-state index contributed by atoms with van der Waals surface area (Å²) in [6.45, 7) is 0.349. The first-order chi connectivity index (χ1) is 13.8. The quantitative estimate of drug-likeness (QED) is 0.567. The Bertz CT molecular complexity index is 977. The predicted molar refractivity (Wildman–Crippen MR) is 98.8 cm³/mol. The highest BCUT2D eigenvalue weighted by Crippen LogP contribution is 2.25. The van der Waals surface area contributed by atoms with Gasteiger partial charge in [-0.05, 0) is 25.1 Å². The molecule has 0 radical (unpaired) electrons. The van der Waals surface area contributed by atoms with E-state index in [1.807, 2.05) is 0 Å². The lowest BCUT2D eigenvalue weighted by atomic mass is 10.2. The summed E-state index contributed by atoms with van der Waals surface area (Å²) in [5.74, 6) is 0.542. The SMILES string of the molecule is Cc1cc(CSc2ncccc2C(=O)Nc2ccc(OCC(F)(F)F)nc2)no1. The van der Waals surface area contributed by atoms with Crippen LogP contribution in [0.15, 0.2) is 52.3 Å². The van der Waals surface area contributed by atoms with Gasteiger partial charge in [-0.15, -0.1) is 0 Å². The van der Waals surface area contributed by atoms with Crippen LogP contribution in [0.2, 0.25) is 0 Å². The standard InChI is InChI=1S/C18H15F3N4O3S/c1-11-7-13(25-28-11)9-29-17-14(3-2-6-22-17)16(26)24-12-4-5-15(23-8-12)27-10-18(19,20)21/h2-8H,9-10H2,1H3,(H,24,26). The number of nitrogens with one attached hydrogen (secondary N) is 1. The molecule has 0 fully saturated rings. The molecular formula is C18H15F3N4O3S. The van der Waals surface area contributed by atoms with E-state index in [1.54, 1.807) is 31.3 Å². The molecule has 3 heterocycles. The van der Waals surface area contributed by atoms with Crippen molar-refractivity contribution < 1.29 is 27.2 Å². The zero-order valence-electron chi connectivity index (χ0n) is 15.1. The largest absolute Gasteiger partial charge is 0.468 e. The normalized spacial score (nSPS) is 11.3. The molecule has 0 spiro atoms. The van der Waals surface area contributed by atoms with Gasteiger partial charge in [0.1, 0.15) is 10.8 Å². The molecule has 0 saturated heterocycles. The fourth-order valence-electron chi connectivity index (χ4n) is 2.20. The van der Waals surface area contributed by atoms with Gasteiger partial charge < -0.3 is 14.6 Å². The summed E-state index contributed by atoms with van der Waals surface area (Å²) in [7, 11) is 0. The number of halogens is 3. The van der Waals surface area contributed by atoms with Crippen LogP contribution in [0.4, 0.5) is 18.9 Å². The van der Waals surface area contributed by atoms with Gasteiger partial charge in [0, 0.05) is 24.1 Å². The number of carbonyl (C=O) groups is 1. The highest BCUT2D eigenvalue weighted by Gasteiger charge is 2.28. The molecule has 0 aliphatic carbocycles. The number of thioether (sulfide) groups is 1. The number of pyridine rings is 2. The van der Waals surface area contributed by atoms with Crippen LogP contribution in [0.3, 0.4) is 0 Å². The Morgan fingerprint density at radius 2 is 2.10 bits per heavy atom. The maximum Gasteiger partial charge on any atom is 0.422 e. The monoisotopic (exact) mass is 424 g/mol. The molecule has 3 aromatic heterocycles. The highest BCUT2D eigenvalue weighted by atomic mass is 32.2. The molecule has 0 saturated carbocycles. The minimum Gasteiger partial charge on any atom is -0.468 e. The van der Waals surface area contributed by atoms with E-state index < -0.39 is 18.7 Å². The van der Waals surface area contributed by atoms with Gasteiger partial charge >= 0.3 is 6.18 Å². The Hall–Kier alpha value is -3.08. The van der Waals surface area contributed by atoms with Crippen molar-refractivity contribution in [2.75, 3.05) is 11.9 Å². The number of anilines is 1. The van der Waals surface area contributed by atoms with Crippen LogP contribution in [0.1, 0.15) is 21.8 Å². The zero-order valence-corrected chi connectivity index (χ0v) is 15.9. The molecular weight excluding hydrogens is 409 g/mol. The Kier molecular flexibility index (Phi) is 6.37. The van der Waals surface area contributed by atoms with E-state index in [2.05, 4.69) is 25.2 Å². The average Bonchev–Trinajstić information content (AvgIpc) is 3.10. The number of hydrogen-bond donors (Lipinski definition) is 1. The van der Waals surface area contributed by atoms with Crippen molar-refractivity contribution >= 4 is 23.4 Å². The maximum absolute atomic E-state index is 12.6. The van der Waals surface area contributed by atoms with Crippen molar-refractivity contribution in [2.24, 2.45) is 0 Å². The lowest BCUT2D eigenvalue weighted by molar-refractivity contribution is -0.154. The van der Waals surface area contributed by atoms with Crippen LogP contribution in [-0.4, -0.2) is 33.8 Å². The molecule has 1 N–H and O–H groups in total. The van der Waals surface area contributed by atoms with E-state index in [0.29, 0.717) is 27.8 Å². The molecule has 0 atom stereocenters. The molecule has 0 aliphatic heterocycles. The van der Waals surface area contributed by atoms with Gasteiger partial charge in [-0.2, -0.15) is 13.2 Å². The molecule has 11 heteroatoms. The number of hydrogen-bond acceptors (Lipinski definition) is 7. The molecule has 3 rings (SSSR count). The van der Waals surface area contributed by atoms with Crippen LogP contribution in [0.5, 0.6) is 5.88 Å². The van der Waals surface area contributed by atoms with Crippen LogP contribution in [0, 0.1) is 6.92 Å². The molecule has 3 aromatic rings. The first-order valence-electron chi connectivity index (χ1n) is 8.27. The van der Waals surface area contributed by atoms with Gasteiger partial charge in [-0.3, -0.25) is 4.79 Å². The average molecular weight is 424 g/mol. The Morgan fingerprint density at radius 1 is 1.28 bits per heavy atom. The molecule has 0 bridgehead atoms. The fraction of sp³-hybridized carbons (Fsp3) is 0.222. The van der Waals surface area contributed by atoms with Gasteiger partial charge in [0.15, 0.2) is 6.61 Å². The number of nitrogens with zero attached hydrogens (tertiary/aromatic N) is 3. The van der Waals surface area contributed by atoms with E-state index in [9.17, 15) is 18.0 Å². The van der Waals surface area contributed by atoms with Gasteiger partial charge in [0.2, 0.25) is 5.88 Å². The smallest absolute Gasteiger partial charge is 0.422 e. The molecule has 0 aromatic carbocycles. The number of amides is 1. The Morgan fingerprint density at radius 3 is 2.76 bits per heavy atom. The number of alkyl halides is 3. The van der Waals surface area contributed by atoms with Gasteiger partial charge in [0.05, 0.1) is 23.1 Å². The van der Waals surface area contributed by atoms with Crippen molar-refractivity contribution in [3.8, 4) is 5.88 Å². The molecule has 29 heavy (non-hydrogen) atoms. The summed E-state index contributed by atoms with van der Waals surface area (Å²) in [5, 5.41) is 7.03. The van der Waals surface area contributed by atoms with E-state index in [1.165, 1.54) is 30.1 Å². The number of aromatic nitrogens is 3.